The summed E-state index contributed by atoms with van der Waals surface area (Å²) in [5, 5.41) is 0. The molecule has 0 spiro atoms. The van der Waals surface area contributed by atoms with E-state index in [9.17, 15) is 9.59 Å². The number of ketones is 1. The summed E-state index contributed by atoms with van der Waals surface area (Å²) in [4.78, 5) is 26.2. The first-order valence-corrected chi connectivity index (χ1v) is 9.57. The standard InChI is InChI=1S/C25H20O3/c1-28-25(27)23-20(15-9-3-2-4-10-15)21-16-11-5-7-13-18(16)24(26)19-14-8-6-12-17(19)22(21)23/h2-14,20-23H,1H3/t20-,21-,22+,23+/m1/s1. The maximum Gasteiger partial charge on any atom is 0.309 e. The lowest BCUT2D eigenvalue weighted by molar-refractivity contribution is -0.151. The zero-order chi connectivity index (χ0) is 19.3. The van der Waals surface area contributed by atoms with E-state index in [0.717, 1.165) is 22.3 Å². The minimum Gasteiger partial charge on any atom is -0.469 e. The molecular weight excluding hydrogens is 348 g/mol. The molecule has 28 heavy (non-hydrogen) atoms. The fourth-order valence-electron chi connectivity index (χ4n) is 5.18. The van der Waals surface area contributed by atoms with E-state index >= 15 is 0 Å². The van der Waals surface area contributed by atoms with Gasteiger partial charge in [0.1, 0.15) is 0 Å². The van der Waals surface area contributed by atoms with E-state index < -0.39 is 0 Å². The Hall–Kier alpha value is -3.20. The molecule has 0 unspecified atom stereocenters. The molecule has 0 saturated heterocycles. The van der Waals surface area contributed by atoms with Crippen LogP contribution in [0.5, 0.6) is 0 Å². The topological polar surface area (TPSA) is 43.4 Å². The fourth-order valence-corrected chi connectivity index (χ4v) is 5.18. The fraction of sp³-hybridized carbons (Fsp3) is 0.200. The lowest BCUT2D eigenvalue weighted by Gasteiger charge is -2.51. The van der Waals surface area contributed by atoms with Gasteiger partial charge in [-0.25, -0.2) is 0 Å². The molecule has 2 aliphatic rings. The van der Waals surface area contributed by atoms with E-state index in [1.807, 2.05) is 66.7 Å². The Kier molecular flexibility index (Phi) is 3.90. The molecule has 3 nitrogen and oxygen atoms in total. The SMILES string of the molecule is COC(=O)[C@@H]1[C@H]2c3ccccc3C(=O)c3ccccc3[C@@H]2[C@H]1c1ccccc1. The van der Waals surface area contributed by atoms with Crippen molar-refractivity contribution in [3.63, 3.8) is 0 Å². The van der Waals surface area contributed by atoms with Gasteiger partial charge >= 0.3 is 5.97 Å². The Bertz CT molecular complexity index is 1070. The second-order valence-electron chi connectivity index (χ2n) is 7.54. The molecule has 0 N–H and O–H groups in total. The van der Waals surface area contributed by atoms with E-state index in [1.54, 1.807) is 0 Å². The summed E-state index contributed by atoms with van der Waals surface area (Å²) < 4.78 is 5.20. The van der Waals surface area contributed by atoms with Crippen molar-refractivity contribution in [3.05, 3.63) is 107 Å². The average Bonchev–Trinajstić information content (AvgIpc) is 2.81. The summed E-state index contributed by atoms with van der Waals surface area (Å²) in [5.41, 5.74) is 4.54. The summed E-state index contributed by atoms with van der Waals surface area (Å²) in [6.45, 7) is 0. The molecule has 0 radical (unpaired) electrons. The number of carbonyl (C=O) groups is 2. The van der Waals surface area contributed by atoms with Crippen molar-refractivity contribution in [2.45, 2.75) is 17.8 Å². The van der Waals surface area contributed by atoms with Gasteiger partial charge in [0.25, 0.3) is 0 Å². The Labute approximate surface area is 164 Å². The molecule has 2 aliphatic carbocycles. The molecule has 1 saturated carbocycles. The minimum atomic E-state index is -0.308. The monoisotopic (exact) mass is 368 g/mol. The van der Waals surface area contributed by atoms with Crippen molar-refractivity contribution in [1.82, 2.24) is 0 Å². The quantitative estimate of drug-likeness (QED) is 0.617. The van der Waals surface area contributed by atoms with Gasteiger partial charge in [-0.2, -0.15) is 0 Å². The number of methoxy groups -OCH3 is 1. The molecule has 5 rings (SSSR count). The Morgan fingerprint density at radius 2 is 1.25 bits per heavy atom. The second kappa shape index (κ2) is 6.45. The van der Waals surface area contributed by atoms with Crippen LogP contribution in [-0.2, 0) is 9.53 Å². The predicted molar refractivity (Wildman–Crippen MR) is 106 cm³/mol. The van der Waals surface area contributed by atoms with E-state index in [0.29, 0.717) is 5.56 Å². The largest absolute Gasteiger partial charge is 0.469 e. The number of rotatable bonds is 2. The molecular formula is C25H20O3. The highest BCUT2D eigenvalue weighted by Crippen LogP contribution is 2.64. The maximum absolute atomic E-state index is 13.3. The molecule has 138 valence electrons. The average molecular weight is 368 g/mol. The van der Waals surface area contributed by atoms with Crippen molar-refractivity contribution < 1.29 is 14.3 Å². The van der Waals surface area contributed by atoms with Crippen LogP contribution in [0.4, 0.5) is 0 Å². The van der Waals surface area contributed by atoms with Gasteiger partial charge in [0, 0.05) is 28.9 Å². The number of fused-ring (bicyclic) bond motifs is 5. The lowest BCUT2D eigenvalue weighted by atomic mass is 9.51. The van der Waals surface area contributed by atoms with Gasteiger partial charge in [-0.05, 0) is 16.7 Å². The molecule has 0 aliphatic heterocycles. The van der Waals surface area contributed by atoms with Crippen LogP contribution in [0.2, 0.25) is 0 Å². The molecule has 0 heterocycles. The third kappa shape index (κ3) is 2.29. The van der Waals surface area contributed by atoms with Gasteiger partial charge in [-0.1, -0.05) is 78.9 Å². The zero-order valence-corrected chi connectivity index (χ0v) is 15.5. The van der Waals surface area contributed by atoms with Gasteiger partial charge in [-0.3, -0.25) is 9.59 Å². The van der Waals surface area contributed by atoms with E-state index in [2.05, 4.69) is 12.1 Å². The van der Waals surface area contributed by atoms with Crippen LogP contribution in [-0.4, -0.2) is 18.9 Å². The minimum absolute atomic E-state index is 0.0150. The summed E-state index contributed by atoms with van der Waals surface area (Å²) in [6.07, 6.45) is 0. The molecule has 3 aromatic rings. The van der Waals surface area contributed by atoms with E-state index in [-0.39, 0.29) is 35.4 Å². The molecule has 0 aromatic heterocycles. The van der Waals surface area contributed by atoms with Gasteiger partial charge in [-0.15, -0.1) is 0 Å². The summed E-state index contributed by atoms with van der Waals surface area (Å²) in [7, 11) is 1.44. The van der Waals surface area contributed by atoms with Crippen molar-refractivity contribution in [2.24, 2.45) is 5.92 Å². The van der Waals surface area contributed by atoms with E-state index in [4.69, 9.17) is 4.74 Å². The first-order chi connectivity index (χ1) is 13.7. The molecule has 3 aromatic carbocycles. The number of hydrogen-bond donors (Lipinski definition) is 0. The first-order valence-electron chi connectivity index (χ1n) is 9.57. The van der Waals surface area contributed by atoms with Crippen LogP contribution in [0.1, 0.15) is 50.4 Å². The maximum atomic E-state index is 13.3. The smallest absolute Gasteiger partial charge is 0.309 e. The third-order valence-electron chi connectivity index (χ3n) is 6.33. The highest BCUT2D eigenvalue weighted by atomic mass is 16.5. The summed E-state index contributed by atoms with van der Waals surface area (Å²) in [5.74, 6) is -0.499. The molecule has 1 fully saturated rings. The summed E-state index contributed by atoms with van der Waals surface area (Å²) in [6, 6.07) is 25.7. The van der Waals surface area contributed by atoms with Crippen LogP contribution < -0.4 is 0 Å². The normalized spacial score (nSPS) is 24.8. The highest BCUT2D eigenvalue weighted by molar-refractivity contribution is 6.12. The third-order valence-corrected chi connectivity index (χ3v) is 6.33. The molecule has 3 heteroatoms. The Balaban J connectivity index is 1.77. The molecule has 0 bridgehead atoms. The lowest BCUT2D eigenvalue weighted by Crippen LogP contribution is -2.46. The number of ether oxygens (including phenoxy) is 1. The Morgan fingerprint density at radius 1 is 0.714 bits per heavy atom. The number of hydrogen-bond acceptors (Lipinski definition) is 3. The zero-order valence-electron chi connectivity index (χ0n) is 15.5. The predicted octanol–water partition coefficient (Wildman–Crippen LogP) is 4.69. The van der Waals surface area contributed by atoms with Crippen LogP contribution in [0, 0.1) is 5.92 Å². The van der Waals surface area contributed by atoms with Crippen LogP contribution in [0.25, 0.3) is 0 Å². The highest BCUT2D eigenvalue weighted by Gasteiger charge is 2.58. The van der Waals surface area contributed by atoms with Gasteiger partial charge < -0.3 is 4.74 Å². The van der Waals surface area contributed by atoms with Crippen molar-refractivity contribution >= 4 is 11.8 Å². The van der Waals surface area contributed by atoms with E-state index in [1.165, 1.54) is 7.11 Å². The van der Waals surface area contributed by atoms with Crippen LogP contribution >= 0.6 is 0 Å². The van der Waals surface area contributed by atoms with Crippen LogP contribution in [0.3, 0.4) is 0 Å². The number of esters is 1. The second-order valence-corrected chi connectivity index (χ2v) is 7.54. The van der Waals surface area contributed by atoms with Gasteiger partial charge in [0.15, 0.2) is 5.78 Å². The molecule has 0 amide bonds. The summed E-state index contributed by atoms with van der Waals surface area (Å²) >= 11 is 0. The van der Waals surface area contributed by atoms with Gasteiger partial charge in [0.2, 0.25) is 0 Å². The van der Waals surface area contributed by atoms with Crippen LogP contribution in [0.15, 0.2) is 78.9 Å². The number of benzene rings is 3. The van der Waals surface area contributed by atoms with Gasteiger partial charge in [0.05, 0.1) is 13.0 Å². The van der Waals surface area contributed by atoms with Crippen molar-refractivity contribution in [1.29, 1.82) is 0 Å². The van der Waals surface area contributed by atoms with Crippen molar-refractivity contribution in [3.8, 4) is 0 Å². The first kappa shape index (κ1) is 16.9. The Morgan fingerprint density at radius 3 is 1.86 bits per heavy atom. The van der Waals surface area contributed by atoms with Crippen molar-refractivity contribution in [2.75, 3.05) is 7.11 Å². The number of carbonyl (C=O) groups excluding carboxylic acids is 2. The molecule has 4 atom stereocenters.